The molecular formula is C5H6N2O3S2. The van der Waals surface area contributed by atoms with E-state index in [4.69, 9.17) is 0 Å². The smallest absolute Gasteiger partial charge is 0.307 e. The SMILES string of the molecule is CS(=O)(=O)Oc1ccnc(=S)[nH]1. The Balaban J connectivity index is 2.99. The molecule has 12 heavy (non-hydrogen) atoms. The van der Waals surface area contributed by atoms with Crippen LogP contribution in [0.3, 0.4) is 0 Å². The molecule has 0 atom stereocenters. The van der Waals surface area contributed by atoms with Gasteiger partial charge in [-0.2, -0.15) is 8.42 Å². The maximum absolute atomic E-state index is 10.6. The molecule has 0 radical (unpaired) electrons. The summed E-state index contributed by atoms with van der Waals surface area (Å²) < 4.78 is 25.9. The molecule has 0 saturated heterocycles. The summed E-state index contributed by atoms with van der Waals surface area (Å²) >= 11 is 4.65. The number of rotatable bonds is 2. The van der Waals surface area contributed by atoms with E-state index in [2.05, 4.69) is 26.4 Å². The molecule has 66 valence electrons. The molecule has 0 bridgehead atoms. The Morgan fingerprint density at radius 1 is 1.67 bits per heavy atom. The normalized spacial score (nSPS) is 11.1. The summed E-state index contributed by atoms with van der Waals surface area (Å²) in [6.45, 7) is 0. The van der Waals surface area contributed by atoms with Crippen LogP contribution in [-0.4, -0.2) is 24.6 Å². The van der Waals surface area contributed by atoms with Gasteiger partial charge in [0.05, 0.1) is 6.26 Å². The van der Waals surface area contributed by atoms with Crippen molar-refractivity contribution in [3.8, 4) is 5.88 Å². The van der Waals surface area contributed by atoms with Crippen molar-refractivity contribution in [2.45, 2.75) is 0 Å². The van der Waals surface area contributed by atoms with Gasteiger partial charge in [-0.1, -0.05) is 0 Å². The number of H-pyrrole nitrogens is 1. The molecule has 1 heterocycles. The van der Waals surface area contributed by atoms with Crippen LogP contribution in [-0.2, 0) is 10.1 Å². The highest BCUT2D eigenvalue weighted by molar-refractivity contribution is 7.86. The molecule has 0 amide bonds. The zero-order valence-corrected chi connectivity index (χ0v) is 7.78. The lowest BCUT2D eigenvalue weighted by Crippen LogP contribution is -2.07. The second kappa shape index (κ2) is 3.20. The second-order valence-corrected chi connectivity index (χ2v) is 3.99. The Kier molecular flexibility index (Phi) is 2.43. The molecule has 1 N–H and O–H groups in total. The van der Waals surface area contributed by atoms with E-state index in [0.29, 0.717) is 0 Å². The van der Waals surface area contributed by atoms with Gasteiger partial charge in [0.15, 0.2) is 4.77 Å². The molecule has 1 aromatic rings. The molecule has 0 aliphatic carbocycles. The molecule has 0 aliphatic rings. The first kappa shape index (κ1) is 9.14. The zero-order valence-electron chi connectivity index (χ0n) is 6.14. The maximum atomic E-state index is 10.6. The fourth-order valence-electron chi connectivity index (χ4n) is 0.564. The number of nitrogens with zero attached hydrogens (tertiary/aromatic N) is 1. The summed E-state index contributed by atoms with van der Waals surface area (Å²) in [4.78, 5) is 6.12. The van der Waals surface area contributed by atoms with E-state index in [0.717, 1.165) is 6.26 Å². The average molecular weight is 206 g/mol. The quantitative estimate of drug-likeness (QED) is 0.562. The molecule has 7 heteroatoms. The number of aromatic amines is 1. The molecule has 1 rings (SSSR count). The lowest BCUT2D eigenvalue weighted by molar-refractivity contribution is 0.481. The first-order valence-electron chi connectivity index (χ1n) is 2.92. The molecule has 1 aromatic heterocycles. The van der Waals surface area contributed by atoms with Crippen molar-refractivity contribution >= 4 is 22.3 Å². The fourth-order valence-corrected chi connectivity index (χ4v) is 1.15. The Labute approximate surface area is 74.5 Å². The summed E-state index contributed by atoms with van der Waals surface area (Å²) in [7, 11) is -3.50. The van der Waals surface area contributed by atoms with E-state index in [1.165, 1.54) is 12.3 Å². The number of hydrogen-bond acceptors (Lipinski definition) is 5. The summed E-state index contributed by atoms with van der Waals surface area (Å²) in [5, 5.41) is 0. The zero-order chi connectivity index (χ0) is 9.19. The maximum Gasteiger partial charge on any atom is 0.307 e. The van der Waals surface area contributed by atoms with Crippen molar-refractivity contribution in [3.05, 3.63) is 17.0 Å². The number of nitrogens with one attached hydrogen (secondary N) is 1. The standard InChI is InChI=1S/C5H6N2O3S2/c1-12(8,9)10-4-2-3-6-5(11)7-4/h2-3H,1H3,(H,6,7,11). The minimum absolute atomic E-state index is 0.0671. The Hall–Kier alpha value is -0.950. The fraction of sp³-hybridized carbons (Fsp3) is 0.200. The van der Waals surface area contributed by atoms with Gasteiger partial charge in [-0.05, 0) is 12.2 Å². The second-order valence-electron chi connectivity index (χ2n) is 2.03. The molecule has 0 aliphatic heterocycles. The van der Waals surface area contributed by atoms with Gasteiger partial charge in [-0.25, -0.2) is 4.98 Å². The van der Waals surface area contributed by atoms with Crippen molar-refractivity contribution in [3.63, 3.8) is 0 Å². The van der Waals surface area contributed by atoms with E-state index in [9.17, 15) is 8.42 Å². The van der Waals surface area contributed by atoms with E-state index in [1.54, 1.807) is 0 Å². The monoisotopic (exact) mass is 206 g/mol. The first-order chi connectivity index (χ1) is 5.47. The van der Waals surface area contributed by atoms with Crippen LogP contribution in [0.25, 0.3) is 0 Å². The molecule has 0 fully saturated rings. The van der Waals surface area contributed by atoms with E-state index < -0.39 is 10.1 Å². The van der Waals surface area contributed by atoms with Crippen molar-refractivity contribution in [2.24, 2.45) is 0 Å². The topological polar surface area (TPSA) is 72.1 Å². The van der Waals surface area contributed by atoms with Crippen molar-refractivity contribution in [1.29, 1.82) is 0 Å². The third-order valence-electron chi connectivity index (χ3n) is 0.889. The molecule has 0 aromatic carbocycles. The highest BCUT2D eigenvalue weighted by Gasteiger charge is 2.03. The van der Waals surface area contributed by atoms with Gasteiger partial charge < -0.3 is 9.17 Å². The molecule has 5 nitrogen and oxygen atoms in total. The van der Waals surface area contributed by atoms with Gasteiger partial charge in [-0.3, -0.25) is 0 Å². The van der Waals surface area contributed by atoms with Gasteiger partial charge in [0, 0.05) is 12.3 Å². The molecular weight excluding hydrogens is 200 g/mol. The largest absolute Gasteiger partial charge is 0.364 e. The van der Waals surface area contributed by atoms with Gasteiger partial charge >= 0.3 is 10.1 Å². The summed E-state index contributed by atoms with van der Waals surface area (Å²) in [6, 6.07) is 1.37. The lowest BCUT2D eigenvalue weighted by Gasteiger charge is -2.00. The first-order valence-corrected chi connectivity index (χ1v) is 5.15. The minimum Gasteiger partial charge on any atom is -0.364 e. The van der Waals surface area contributed by atoms with Gasteiger partial charge in [-0.15, -0.1) is 0 Å². The van der Waals surface area contributed by atoms with Crippen LogP contribution in [0.15, 0.2) is 12.3 Å². The van der Waals surface area contributed by atoms with Crippen LogP contribution in [0.5, 0.6) is 5.88 Å². The average Bonchev–Trinajstić information content (AvgIpc) is 1.82. The van der Waals surface area contributed by atoms with Crippen LogP contribution in [0, 0.1) is 4.77 Å². The third kappa shape index (κ3) is 2.97. The van der Waals surface area contributed by atoms with E-state index in [1.807, 2.05) is 0 Å². The lowest BCUT2D eigenvalue weighted by atomic mass is 10.6. The summed E-state index contributed by atoms with van der Waals surface area (Å²) in [5.74, 6) is 0.0671. The van der Waals surface area contributed by atoms with Crippen molar-refractivity contribution < 1.29 is 12.6 Å². The molecule has 0 unspecified atom stereocenters. The van der Waals surface area contributed by atoms with Crippen LogP contribution >= 0.6 is 12.2 Å². The van der Waals surface area contributed by atoms with Crippen LogP contribution in [0.4, 0.5) is 0 Å². The van der Waals surface area contributed by atoms with Crippen LogP contribution < -0.4 is 4.18 Å². The predicted molar refractivity (Wildman–Crippen MR) is 44.9 cm³/mol. The highest BCUT2D eigenvalue weighted by Crippen LogP contribution is 2.04. The van der Waals surface area contributed by atoms with Gasteiger partial charge in [0.25, 0.3) is 0 Å². The molecule has 0 spiro atoms. The van der Waals surface area contributed by atoms with Gasteiger partial charge in [0.2, 0.25) is 5.88 Å². The van der Waals surface area contributed by atoms with Crippen molar-refractivity contribution in [2.75, 3.05) is 6.26 Å². The highest BCUT2D eigenvalue weighted by atomic mass is 32.2. The number of aromatic nitrogens is 2. The Morgan fingerprint density at radius 3 is 2.83 bits per heavy atom. The van der Waals surface area contributed by atoms with Crippen LogP contribution in [0.2, 0.25) is 0 Å². The Bertz CT molecular complexity index is 422. The van der Waals surface area contributed by atoms with Crippen molar-refractivity contribution in [1.82, 2.24) is 9.97 Å². The van der Waals surface area contributed by atoms with E-state index >= 15 is 0 Å². The van der Waals surface area contributed by atoms with E-state index in [-0.39, 0.29) is 10.7 Å². The number of hydrogen-bond donors (Lipinski definition) is 1. The summed E-state index contributed by atoms with van der Waals surface area (Å²) in [6.07, 6.45) is 2.31. The Morgan fingerprint density at radius 2 is 2.33 bits per heavy atom. The third-order valence-corrected chi connectivity index (χ3v) is 1.58. The molecule has 0 saturated carbocycles. The minimum atomic E-state index is -3.50. The van der Waals surface area contributed by atoms with Crippen LogP contribution in [0.1, 0.15) is 0 Å². The summed E-state index contributed by atoms with van der Waals surface area (Å²) in [5.41, 5.74) is 0. The van der Waals surface area contributed by atoms with Gasteiger partial charge in [0.1, 0.15) is 0 Å². The predicted octanol–water partition coefficient (Wildman–Crippen LogP) is 0.478.